The largest absolute Gasteiger partial charge is 0.490 e. The lowest BCUT2D eigenvalue weighted by atomic mass is 10.1. The van der Waals surface area contributed by atoms with Gasteiger partial charge in [-0.1, -0.05) is 43.1 Å². The van der Waals surface area contributed by atoms with Crippen LogP contribution in [-0.4, -0.2) is 25.1 Å². The summed E-state index contributed by atoms with van der Waals surface area (Å²) in [6.07, 6.45) is 3.59. The molecule has 2 aromatic rings. The van der Waals surface area contributed by atoms with Crippen molar-refractivity contribution in [3.05, 3.63) is 63.8 Å². The Morgan fingerprint density at radius 3 is 2.69 bits per heavy atom. The smallest absolute Gasteiger partial charge is 0.363 e. The zero-order valence-corrected chi connectivity index (χ0v) is 17.6. The summed E-state index contributed by atoms with van der Waals surface area (Å²) < 4.78 is 16.9. The number of nitrogens with zero attached hydrogens (tertiary/aromatic N) is 1. The Morgan fingerprint density at radius 1 is 1.17 bits per heavy atom. The Bertz CT molecular complexity index is 965. The van der Waals surface area contributed by atoms with Crippen LogP contribution in [0.3, 0.4) is 0 Å². The van der Waals surface area contributed by atoms with E-state index in [9.17, 15) is 4.79 Å². The Hall–Kier alpha value is -2.79. The molecule has 5 nitrogen and oxygen atoms in total. The van der Waals surface area contributed by atoms with Gasteiger partial charge in [-0.2, -0.15) is 0 Å². The van der Waals surface area contributed by atoms with Crippen molar-refractivity contribution in [2.75, 3.05) is 13.2 Å². The zero-order valence-electron chi connectivity index (χ0n) is 16.8. The second kappa shape index (κ2) is 9.61. The molecule has 1 heterocycles. The monoisotopic (exact) mass is 413 g/mol. The second-order valence-corrected chi connectivity index (χ2v) is 7.02. The Kier molecular flexibility index (Phi) is 6.94. The highest BCUT2D eigenvalue weighted by Gasteiger charge is 2.25. The van der Waals surface area contributed by atoms with E-state index in [0.29, 0.717) is 41.2 Å². The number of benzene rings is 2. The van der Waals surface area contributed by atoms with Gasteiger partial charge in [-0.05, 0) is 55.7 Å². The van der Waals surface area contributed by atoms with Crippen LogP contribution in [0.4, 0.5) is 0 Å². The number of carbonyl (C=O) groups excluding carboxylic acids is 1. The molecule has 0 atom stereocenters. The van der Waals surface area contributed by atoms with Crippen LogP contribution in [-0.2, 0) is 9.53 Å². The van der Waals surface area contributed by atoms with E-state index in [0.717, 1.165) is 24.0 Å². The van der Waals surface area contributed by atoms with Gasteiger partial charge in [0.1, 0.15) is 0 Å². The maximum absolute atomic E-state index is 12.3. The predicted molar refractivity (Wildman–Crippen MR) is 115 cm³/mol. The molecule has 0 saturated carbocycles. The van der Waals surface area contributed by atoms with Gasteiger partial charge in [0.05, 0.1) is 18.2 Å². The van der Waals surface area contributed by atoms with E-state index in [1.807, 2.05) is 38.1 Å². The maximum Gasteiger partial charge on any atom is 0.363 e. The number of aryl methyl sites for hydroxylation is 1. The number of rotatable bonds is 8. The molecule has 1 aliphatic rings. The van der Waals surface area contributed by atoms with Gasteiger partial charge in [-0.3, -0.25) is 0 Å². The third-order valence-electron chi connectivity index (χ3n) is 4.38. The number of aliphatic imine (C=N–C) groups is 1. The van der Waals surface area contributed by atoms with E-state index in [4.69, 9.17) is 25.8 Å². The van der Waals surface area contributed by atoms with Crippen molar-refractivity contribution in [3.63, 3.8) is 0 Å². The van der Waals surface area contributed by atoms with Gasteiger partial charge in [0.15, 0.2) is 17.2 Å². The molecule has 3 rings (SSSR count). The fraction of sp³-hybridized carbons (Fsp3) is 0.304. The number of cyclic esters (lactones) is 1. The molecule has 1 aliphatic heterocycles. The van der Waals surface area contributed by atoms with Crippen molar-refractivity contribution in [1.29, 1.82) is 0 Å². The quantitative estimate of drug-likeness (QED) is 0.322. The molecule has 29 heavy (non-hydrogen) atoms. The van der Waals surface area contributed by atoms with Gasteiger partial charge in [-0.25, -0.2) is 9.79 Å². The summed E-state index contributed by atoms with van der Waals surface area (Å²) in [7, 11) is 0. The van der Waals surface area contributed by atoms with E-state index in [1.54, 1.807) is 18.2 Å². The molecule has 0 unspecified atom stereocenters. The number of carbonyl (C=O) groups is 1. The maximum atomic E-state index is 12.3. The molecule has 152 valence electrons. The van der Waals surface area contributed by atoms with Crippen molar-refractivity contribution in [2.45, 2.75) is 33.6 Å². The predicted octanol–water partition coefficient (Wildman–Crippen LogP) is 5.57. The molecule has 0 aromatic heterocycles. The first-order valence-corrected chi connectivity index (χ1v) is 10.1. The lowest BCUT2D eigenvalue weighted by Crippen LogP contribution is -2.06. The van der Waals surface area contributed by atoms with Crippen LogP contribution in [0.25, 0.3) is 6.08 Å². The Morgan fingerprint density at radius 2 is 1.97 bits per heavy atom. The van der Waals surface area contributed by atoms with Crippen LogP contribution in [0, 0.1) is 6.92 Å². The zero-order chi connectivity index (χ0) is 20.8. The summed E-state index contributed by atoms with van der Waals surface area (Å²) in [5.41, 5.74) is 2.66. The van der Waals surface area contributed by atoms with Gasteiger partial charge in [0.2, 0.25) is 5.90 Å². The summed E-state index contributed by atoms with van der Waals surface area (Å²) in [6.45, 7) is 6.96. The number of hydrogen-bond acceptors (Lipinski definition) is 5. The lowest BCUT2D eigenvalue weighted by Gasteiger charge is -2.14. The molecule has 0 N–H and O–H groups in total. The van der Waals surface area contributed by atoms with Crippen LogP contribution in [0.2, 0.25) is 5.02 Å². The minimum Gasteiger partial charge on any atom is -0.490 e. The molecule has 0 radical (unpaired) electrons. The minimum atomic E-state index is -0.499. The van der Waals surface area contributed by atoms with Crippen molar-refractivity contribution in [1.82, 2.24) is 0 Å². The molecule has 0 spiro atoms. The molecule has 0 fully saturated rings. The first-order valence-electron chi connectivity index (χ1n) is 9.71. The summed E-state index contributed by atoms with van der Waals surface area (Å²) in [6, 6.07) is 11.1. The molecule has 0 amide bonds. The highest BCUT2D eigenvalue weighted by molar-refractivity contribution is 6.32. The van der Waals surface area contributed by atoms with Crippen LogP contribution < -0.4 is 9.47 Å². The molecule has 6 heteroatoms. The van der Waals surface area contributed by atoms with Crippen LogP contribution in [0.15, 0.2) is 47.1 Å². The molecule has 2 aromatic carbocycles. The number of ether oxygens (including phenoxy) is 3. The summed E-state index contributed by atoms with van der Waals surface area (Å²) in [5.74, 6) is 0.857. The third kappa shape index (κ3) is 4.98. The summed E-state index contributed by atoms with van der Waals surface area (Å²) in [4.78, 5) is 16.7. The Labute approximate surface area is 176 Å². The standard InChI is InChI=1S/C23H24ClNO4/c1-4-6-11-28-21-18(24)12-16(14-20(21)27-5-2)13-19-23(26)29-22(25-19)17-10-8-7-9-15(17)3/h7-10,12-14H,4-6,11H2,1-3H3/b19-13-. The van der Waals surface area contributed by atoms with Crippen molar-refractivity contribution in [3.8, 4) is 11.5 Å². The number of hydrogen-bond donors (Lipinski definition) is 0. The molecular weight excluding hydrogens is 390 g/mol. The fourth-order valence-corrected chi connectivity index (χ4v) is 3.16. The highest BCUT2D eigenvalue weighted by Crippen LogP contribution is 2.37. The normalized spacial score (nSPS) is 14.7. The summed E-state index contributed by atoms with van der Waals surface area (Å²) >= 11 is 6.43. The van der Waals surface area contributed by atoms with Crippen molar-refractivity contribution in [2.24, 2.45) is 4.99 Å². The first-order chi connectivity index (χ1) is 14.0. The number of halogens is 1. The molecule has 0 aliphatic carbocycles. The average molecular weight is 414 g/mol. The van der Waals surface area contributed by atoms with Crippen LogP contribution in [0.5, 0.6) is 11.5 Å². The van der Waals surface area contributed by atoms with Crippen molar-refractivity contribution < 1.29 is 19.0 Å². The second-order valence-electron chi connectivity index (χ2n) is 6.62. The fourth-order valence-electron chi connectivity index (χ4n) is 2.89. The Balaban J connectivity index is 1.93. The van der Waals surface area contributed by atoms with E-state index >= 15 is 0 Å². The van der Waals surface area contributed by atoms with E-state index in [2.05, 4.69) is 11.9 Å². The molecular formula is C23H24ClNO4. The van der Waals surface area contributed by atoms with Gasteiger partial charge in [0.25, 0.3) is 0 Å². The first kappa shape index (κ1) is 20.9. The van der Waals surface area contributed by atoms with Crippen LogP contribution in [0.1, 0.15) is 43.4 Å². The minimum absolute atomic E-state index is 0.210. The van der Waals surface area contributed by atoms with Crippen molar-refractivity contribution >= 4 is 29.5 Å². The number of esters is 1. The average Bonchev–Trinajstić information content (AvgIpc) is 3.04. The molecule has 0 saturated heterocycles. The highest BCUT2D eigenvalue weighted by atomic mass is 35.5. The topological polar surface area (TPSA) is 57.1 Å². The van der Waals surface area contributed by atoms with Gasteiger partial charge in [-0.15, -0.1) is 0 Å². The summed E-state index contributed by atoms with van der Waals surface area (Å²) in [5, 5.41) is 0.424. The van der Waals surface area contributed by atoms with E-state index in [-0.39, 0.29) is 5.70 Å². The van der Waals surface area contributed by atoms with Crippen LogP contribution >= 0.6 is 11.6 Å². The molecule has 0 bridgehead atoms. The van der Waals surface area contributed by atoms with Gasteiger partial charge >= 0.3 is 5.97 Å². The number of unbranched alkanes of at least 4 members (excludes halogenated alkanes) is 1. The van der Waals surface area contributed by atoms with E-state index < -0.39 is 5.97 Å². The van der Waals surface area contributed by atoms with Gasteiger partial charge < -0.3 is 14.2 Å². The van der Waals surface area contributed by atoms with Gasteiger partial charge in [0, 0.05) is 5.56 Å². The lowest BCUT2D eigenvalue weighted by molar-refractivity contribution is -0.129. The van der Waals surface area contributed by atoms with E-state index in [1.165, 1.54) is 0 Å². The third-order valence-corrected chi connectivity index (χ3v) is 4.66. The SMILES string of the molecule is CCCCOc1c(Cl)cc(/C=C2\N=C(c3ccccc3C)OC2=O)cc1OCC.